The molecule has 0 radical (unpaired) electrons. The average Bonchev–Trinajstić information content (AvgIpc) is 2.62. The van der Waals surface area contributed by atoms with E-state index in [-0.39, 0.29) is 10.9 Å². The van der Waals surface area contributed by atoms with Crippen LogP contribution >= 0.6 is 11.8 Å². The summed E-state index contributed by atoms with van der Waals surface area (Å²) in [5.74, 6) is -0.451. The first-order valence-electron chi connectivity index (χ1n) is 8.05. The lowest BCUT2D eigenvalue weighted by molar-refractivity contribution is 0.0518. The third-order valence-electron chi connectivity index (χ3n) is 4.03. The fourth-order valence-electron chi connectivity index (χ4n) is 2.90. The quantitative estimate of drug-likeness (QED) is 0.778. The minimum absolute atomic E-state index is 0.252. The number of esters is 1. The van der Waals surface area contributed by atoms with Gasteiger partial charge in [0.15, 0.2) is 0 Å². The Balaban J connectivity index is 1.91. The highest BCUT2D eigenvalue weighted by Gasteiger charge is 2.23. The van der Waals surface area contributed by atoms with Gasteiger partial charge in [0.25, 0.3) is 0 Å². The summed E-state index contributed by atoms with van der Waals surface area (Å²) >= 11 is 1.57. The third-order valence-corrected chi connectivity index (χ3v) is 5.34. The summed E-state index contributed by atoms with van der Waals surface area (Å²) in [6.45, 7) is 2.06. The molecule has 1 aromatic heterocycles. The van der Waals surface area contributed by atoms with Crippen LogP contribution in [0.1, 0.15) is 52.2 Å². The maximum Gasteiger partial charge on any atom is 0.356 e. The van der Waals surface area contributed by atoms with Gasteiger partial charge in [0.1, 0.15) is 16.8 Å². The predicted octanol–water partition coefficient (Wildman–Crippen LogP) is 4.30. The Kier molecular flexibility index (Phi) is 5.17. The summed E-state index contributed by atoms with van der Waals surface area (Å²) in [5.41, 5.74) is 3.42. The van der Waals surface area contributed by atoms with Crippen molar-refractivity contribution in [1.82, 2.24) is 4.98 Å². The summed E-state index contributed by atoms with van der Waals surface area (Å²) in [6.07, 6.45) is 3.25. The van der Waals surface area contributed by atoms with Crippen molar-refractivity contribution in [3.63, 3.8) is 0 Å². The van der Waals surface area contributed by atoms with Gasteiger partial charge in [-0.1, -0.05) is 36.0 Å². The van der Waals surface area contributed by atoms with Gasteiger partial charge in [0.2, 0.25) is 0 Å². The fraction of sp³-hybridized carbons (Fsp3) is 0.316. The van der Waals surface area contributed by atoms with E-state index in [1.54, 1.807) is 30.8 Å². The van der Waals surface area contributed by atoms with E-state index >= 15 is 0 Å². The van der Waals surface area contributed by atoms with Crippen molar-refractivity contribution in [2.45, 2.75) is 36.5 Å². The third kappa shape index (κ3) is 3.44. The van der Waals surface area contributed by atoms with Gasteiger partial charge >= 0.3 is 5.97 Å². The second kappa shape index (κ2) is 7.50. The number of carbonyl (C=O) groups excluding carboxylic acids is 1. The highest BCUT2D eigenvalue weighted by atomic mass is 32.2. The predicted molar refractivity (Wildman–Crippen MR) is 92.9 cm³/mol. The number of benzene rings is 1. The van der Waals surface area contributed by atoms with Gasteiger partial charge < -0.3 is 4.74 Å². The minimum atomic E-state index is -0.451. The normalized spacial score (nSPS) is 16.1. The lowest BCUT2D eigenvalue weighted by Gasteiger charge is -2.24. The summed E-state index contributed by atoms with van der Waals surface area (Å²) in [5, 5.41) is 10.2. The van der Waals surface area contributed by atoms with Crippen LogP contribution in [0.2, 0.25) is 0 Å². The van der Waals surface area contributed by atoms with Crippen molar-refractivity contribution < 1.29 is 9.53 Å². The number of thioether (sulfide) groups is 1. The van der Waals surface area contributed by atoms with Crippen molar-refractivity contribution in [2.75, 3.05) is 6.61 Å². The molecule has 0 spiro atoms. The minimum Gasteiger partial charge on any atom is -0.461 e. The van der Waals surface area contributed by atoms with Gasteiger partial charge in [-0.3, -0.25) is 0 Å². The molecule has 0 amide bonds. The number of ether oxygens (including phenoxy) is 1. The van der Waals surface area contributed by atoms with E-state index in [0.29, 0.717) is 17.2 Å². The fourth-order valence-corrected chi connectivity index (χ4v) is 4.20. The van der Waals surface area contributed by atoms with Crippen LogP contribution in [-0.2, 0) is 11.2 Å². The van der Waals surface area contributed by atoms with Gasteiger partial charge in [0.05, 0.1) is 12.2 Å². The van der Waals surface area contributed by atoms with E-state index in [9.17, 15) is 10.1 Å². The average molecular weight is 338 g/mol. The van der Waals surface area contributed by atoms with Crippen LogP contribution in [0.3, 0.4) is 0 Å². The topological polar surface area (TPSA) is 63.0 Å². The van der Waals surface area contributed by atoms with E-state index in [1.807, 2.05) is 6.07 Å². The Hall–Kier alpha value is -2.32. The molecule has 0 aliphatic heterocycles. The molecule has 1 aromatic carbocycles. The Morgan fingerprint density at radius 1 is 1.38 bits per heavy atom. The van der Waals surface area contributed by atoms with E-state index in [1.165, 1.54) is 11.1 Å². The van der Waals surface area contributed by atoms with Gasteiger partial charge in [-0.15, -0.1) is 0 Å². The van der Waals surface area contributed by atoms with Crippen LogP contribution < -0.4 is 0 Å². The summed E-state index contributed by atoms with van der Waals surface area (Å²) in [4.78, 5) is 16.3. The molecule has 5 heteroatoms. The number of aryl methyl sites for hydroxylation is 1. The zero-order valence-electron chi connectivity index (χ0n) is 13.5. The highest BCUT2D eigenvalue weighted by molar-refractivity contribution is 7.99. The largest absolute Gasteiger partial charge is 0.461 e. The zero-order chi connectivity index (χ0) is 16.9. The molecule has 0 bridgehead atoms. The van der Waals surface area contributed by atoms with Gasteiger partial charge in [-0.05, 0) is 49.4 Å². The molecule has 4 nitrogen and oxygen atoms in total. The van der Waals surface area contributed by atoms with Crippen LogP contribution in [0.4, 0.5) is 0 Å². The molecule has 0 fully saturated rings. The summed E-state index contributed by atoms with van der Waals surface area (Å²) in [6, 6.07) is 13.8. The molecular weight excluding hydrogens is 320 g/mol. The van der Waals surface area contributed by atoms with Gasteiger partial charge in [0, 0.05) is 5.25 Å². The Morgan fingerprint density at radius 2 is 2.21 bits per heavy atom. The van der Waals surface area contributed by atoms with Crippen LogP contribution in [0, 0.1) is 11.3 Å². The van der Waals surface area contributed by atoms with Crippen molar-refractivity contribution in [3.8, 4) is 6.07 Å². The molecule has 3 rings (SSSR count). The highest BCUT2D eigenvalue weighted by Crippen LogP contribution is 2.43. The Labute approximate surface area is 145 Å². The van der Waals surface area contributed by atoms with Crippen LogP contribution in [0.15, 0.2) is 41.4 Å². The molecular formula is C19H18N2O2S. The molecule has 1 aliphatic rings. The number of hydrogen-bond acceptors (Lipinski definition) is 5. The monoisotopic (exact) mass is 338 g/mol. The zero-order valence-corrected chi connectivity index (χ0v) is 14.3. The van der Waals surface area contributed by atoms with Gasteiger partial charge in [-0.25, -0.2) is 9.78 Å². The van der Waals surface area contributed by atoms with Crippen molar-refractivity contribution in [3.05, 3.63) is 58.8 Å². The number of rotatable bonds is 4. The summed E-state index contributed by atoms with van der Waals surface area (Å²) < 4.78 is 5.01. The second-order valence-electron chi connectivity index (χ2n) is 5.58. The number of aromatic nitrogens is 1. The van der Waals surface area contributed by atoms with Crippen molar-refractivity contribution in [1.29, 1.82) is 5.26 Å². The SMILES string of the molecule is CCOC(=O)c1ccc(C#N)c(S[C@H]2CCCc3ccccc32)n1. The first-order chi connectivity index (χ1) is 11.7. The van der Waals surface area contributed by atoms with Crippen LogP contribution in [-0.4, -0.2) is 17.6 Å². The number of pyridine rings is 1. The van der Waals surface area contributed by atoms with Crippen molar-refractivity contribution in [2.24, 2.45) is 0 Å². The molecule has 0 saturated heterocycles. The number of nitrogens with zero attached hydrogens (tertiary/aromatic N) is 2. The molecule has 2 aromatic rings. The maximum atomic E-state index is 11.9. The van der Waals surface area contributed by atoms with E-state index in [0.717, 1.165) is 19.3 Å². The lowest BCUT2D eigenvalue weighted by Crippen LogP contribution is -2.10. The molecule has 0 unspecified atom stereocenters. The lowest BCUT2D eigenvalue weighted by atomic mass is 9.91. The molecule has 1 heterocycles. The van der Waals surface area contributed by atoms with Gasteiger partial charge in [-0.2, -0.15) is 5.26 Å². The first-order valence-corrected chi connectivity index (χ1v) is 8.93. The summed E-state index contributed by atoms with van der Waals surface area (Å²) in [7, 11) is 0. The Bertz CT molecular complexity index is 798. The number of nitriles is 1. The van der Waals surface area contributed by atoms with Crippen LogP contribution in [0.25, 0.3) is 0 Å². The molecule has 24 heavy (non-hydrogen) atoms. The standard InChI is InChI=1S/C19H18N2O2S/c1-2-23-19(22)16-11-10-14(12-20)18(21-16)24-17-9-5-7-13-6-3-4-8-15(13)17/h3-4,6,8,10-11,17H,2,5,7,9H2,1H3/t17-/m0/s1. The van der Waals surface area contributed by atoms with E-state index in [2.05, 4.69) is 29.3 Å². The molecule has 1 aliphatic carbocycles. The van der Waals surface area contributed by atoms with Crippen molar-refractivity contribution >= 4 is 17.7 Å². The second-order valence-corrected chi connectivity index (χ2v) is 6.77. The number of carbonyl (C=O) groups is 1. The first kappa shape index (κ1) is 16.5. The smallest absolute Gasteiger partial charge is 0.356 e. The number of fused-ring (bicyclic) bond motifs is 1. The molecule has 122 valence electrons. The maximum absolute atomic E-state index is 11.9. The molecule has 0 N–H and O–H groups in total. The number of hydrogen-bond donors (Lipinski definition) is 0. The molecule has 0 saturated carbocycles. The van der Waals surface area contributed by atoms with E-state index in [4.69, 9.17) is 4.74 Å². The Morgan fingerprint density at radius 3 is 3.00 bits per heavy atom. The van der Waals surface area contributed by atoms with Crippen LogP contribution in [0.5, 0.6) is 0 Å². The van der Waals surface area contributed by atoms with E-state index < -0.39 is 5.97 Å². The molecule has 1 atom stereocenters.